The number of esters is 1. The largest absolute Gasteiger partial charge is 0.492 e. The molecule has 4 rings (SSSR count). The van der Waals surface area contributed by atoms with Crippen LogP contribution in [0.15, 0.2) is 79.0 Å². The third-order valence-corrected chi connectivity index (χ3v) is 6.64. The lowest BCUT2D eigenvalue weighted by Crippen LogP contribution is -2.46. The number of nitrogens with zero attached hydrogens (tertiary/aromatic N) is 2. The van der Waals surface area contributed by atoms with Gasteiger partial charge in [0.05, 0.1) is 6.54 Å². The van der Waals surface area contributed by atoms with E-state index in [1.807, 2.05) is 60.5 Å². The highest BCUT2D eigenvalue weighted by Gasteiger charge is 2.55. The Morgan fingerprint density at radius 1 is 1.00 bits per heavy atom. The Morgan fingerprint density at radius 3 is 2.40 bits per heavy atom. The molecule has 1 fully saturated rings. The van der Waals surface area contributed by atoms with Gasteiger partial charge in [-0.1, -0.05) is 48.5 Å². The van der Waals surface area contributed by atoms with Crippen molar-refractivity contribution in [3.05, 3.63) is 90.1 Å². The van der Waals surface area contributed by atoms with Gasteiger partial charge in [-0.2, -0.15) is 0 Å². The van der Waals surface area contributed by atoms with Crippen LogP contribution in [0.5, 0.6) is 5.75 Å². The second kappa shape index (κ2) is 11.1. The van der Waals surface area contributed by atoms with Crippen LogP contribution in [0.3, 0.4) is 0 Å². The van der Waals surface area contributed by atoms with Gasteiger partial charge < -0.3 is 14.4 Å². The summed E-state index contributed by atoms with van der Waals surface area (Å²) in [7, 11) is 1.94. The third kappa shape index (κ3) is 5.99. The van der Waals surface area contributed by atoms with Gasteiger partial charge in [0.25, 0.3) is 11.1 Å². The van der Waals surface area contributed by atoms with Crippen LogP contribution in [0.1, 0.15) is 11.1 Å². The minimum atomic E-state index is -1.67. The fourth-order valence-electron chi connectivity index (χ4n) is 3.57. The molecule has 2 amide bonds. The van der Waals surface area contributed by atoms with Crippen molar-refractivity contribution in [1.29, 1.82) is 0 Å². The maximum atomic E-state index is 13.0. The Balaban J connectivity index is 1.37. The quantitative estimate of drug-likeness (QED) is 0.339. The first-order valence-corrected chi connectivity index (χ1v) is 11.9. The van der Waals surface area contributed by atoms with E-state index < -0.39 is 21.9 Å². The predicted molar refractivity (Wildman–Crippen MR) is 133 cm³/mol. The molecule has 0 aliphatic carbocycles. The Kier molecular flexibility index (Phi) is 7.67. The fraction of sp³-hybridized carbons (Fsp3) is 0.231. The highest BCUT2D eigenvalue weighted by molar-refractivity contribution is 8.16. The number of imide groups is 1. The number of hydrogen-bond acceptors (Lipinski definition) is 8. The van der Waals surface area contributed by atoms with Gasteiger partial charge in [-0.05, 0) is 47.2 Å². The number of anilines is 1. The van der Waals surface area contributed by atoms with Gasteiger partial charge in [0, 0.05) is 19.7 Å². The van der Waals surface area contributed by atoms with Crippen LogP contribution < -0.4 is 15.0 Å². The number of benzene rings is 2. The standard InChI is InChI=1S/C26H25N3O5S/c1-29(22-9-5-6-14-27-22)15-16-33-21-12-10-19(11-13-21)17-26(23(30)28-25(32)35-26)24(31)34-18-20-7-3-2-4-8-20/h2-14H,15-18H2,1H3,(H,28,30,32)/t26-/m1/s1. The molecule has 1 saturated heterocycles. The number of carbonyl (C=O) groups is 3. The van der Waals surface area contributed by atoms with E-state index in [-0.39, 0.29) is 13.0 Å². The highest BCUT2D eigenvalue weighted by atomic mass is 32.2. The van der Waals surface area contributed by atoms with Crippen molar-refractivity contribution in [2.45, 2.75) is 17.8 Å². The van der Waals surface area contributed by atoms with E-state index in [1.165, 1.54) is 0 Å². The van der Waals surface area contributed by atoms with Crippen molar-refractivity contribution >= 4 is 34.7 Å². The lowest BCUT2D eigenvalue weighted by molar-refractivity contribution is -0.150. The van der Waals surface area contributed by atoms with Crippen LogP contribution in [-0.4, -0.2) is 47.0 Å². The molecule has 8 nitrogen and oxygen atoms in total. The predicted octanol–water partition coefficient (Wildman–Crippen LogP) is 3.60. The number of aromatic nitrogens is 1. The minimum Gasteiger partial charge on any atom is -0.492 e. The lowest BCUT2D eigenvalue weighted by atomic mass is 9.97. The molecular weight excluding hydrogens is 466 g/mol. The molecule has 0 saturated carbocycles. The maximum Gasteiger partial charge on any atom is 0.333 e. The number of likely N-dealkylation sites (N-methyl/N-ethyl adjacent to an activating group) is 1. The molecule has 2 heterocycles. The third-order valence-electron chi connectivity index (χ3n) is 5.50. The Bertz CT molecular complexity index is 1170. The topological polar surface area (TPSA) is 97.8 Å². The summed E-state index contributed by atoms with van der Waals surface area (Å²) in [6, 6.07) is 22.0. The molecule has 1 aromatic heterocycles. The first-order valence-electron chi connectivity index (χ1n) is 11.1. The Labute approximate surface area is 207 Å². The fourth-order valence-corrected chi connectivity index (χ4v) is 4.56. The molecule has 0 bridgehead atoms. The lowest BCUT2D eigenvalue weighted by Gasteiger charge is -2.22. The summed E-state index contributed by atoms with van der Waals surface area (Å²) in [6.45, 7) is 1.12. The summed E-state index contributed by atoms with van der Waals surface area (Å²) in [5.41, 5.74) is 1.50. The van der Waals surface area contributed by atoms with Crippen molar-refractivity contribution in [1.82, 2.24) is 10.3 Å². The number of carbonyl (C=O) groups excluding carboxylic acids is 3. The summed E-state index contributed by atoms with van der Waals surface area (Å²) in [5.74, 6) is 0.109. The molecule has 1 N–H and O–H groups in total. The van der Waals surface area contributed by atoms with Crippen molar-refractivity contribution in [2.24, 2.45) is 0 Å². The monoisotopic (exact) mass is 491 g/mol. The van der Waals surface area contributed by atoms with E-state index in [2.05, 4.69) is 10.3 Å². The van der Waals surface area contributed by atoms with Crippen LogP contribution >= 0.6 is 11.8 Å². The molecule has 1 atom stereocenters. The zero-order valence-corrected chi connectivity index (χ0v) is 20.0. The van der Waals surface area contributed by atoms with Crippen molar-refractivity contribution in [2.75, 3.05) is 25.1 Å². The summed E-state index contributed by atoms with van der Waals surface area (Å²) < 4.78 is 9.59. The number of ether oxygens (including phenoxy) is 2. The minimum absolute atomic E-state index is 0.0170. The smallest absolute Gasteiger partial charge is 0.333 e. The molecule has 3 aromatic rings. The summed E-state index contributed by atoms with van der Waals surface area (Å²) >= 11 is 0.662. The molecule has 35 heavy (non-hydrogen) atoms. The molecule has 180 valence electrons. The maximum absolute atomic E-state index is 13.0. The number of thioether (sulfide) groups is 1. The van der Waals surface area contributed by atoms with Crippen LogP contribution in [0.4, 0.5) is 10.6 Å². The van der Waals surface area contributed by atoms with E-state index in [9.17, 15) is 14.4 Å². The van der Waals surface area contributed by atoms with Crippen molar-refractivity contribution in [3.63, 3.8) is 0 Å². The highest BCUT2D eigenvalue weighted by Crippen LogP contribution is 2.37. The zero-order chi connectivity index (χ0) is 24.7. The molecular formula is C26H25N3O5S. The van der Waals surface area contributed by atoms with Crippen molar-refractivity contribution in [3.8, 4) is 5.75 Å². The molecule has 2 aromatic carbocycles. The van der Waals surface area contributed by atoms with Crippen LogP contribution in [0.25, 0.3) is 0 Å². The number of rotatable bonds is 10. The van der Waals surface area contributed by atoms with Crippen LogP contribution in [0, 0.1) is 0 Å². The Hall–Kier alpha value is -3.85. The molecule has 1 aliphatic rings. The molecule has 0 spiro atoms. The van der Waals surface area contributed by atoms with Gasteiger partial charge in [0.15, 0.2) is 0 Å². The Morgan fingerprint density at radius 2 is 1.74 bits per heavy atom. The molecule has 0 unspecified atom stereocenters. The van der Waals surface area contributed by atoms with Gasteiger partial charge >= 0.3 is 5.97 Å². The van der Waals surface area contributed by atoms with Crippen LogP contribution in [-0.2, 0) is 27.4 Å². The first kappa shape index (κ1) is 24.3. The van der Waals surface area contributed by atoms with Crippen LogP contribution in [0.2, 0.25) is 0 Å². The summed E-state index contributed by atoms with van der Waals surface area (Å²) in [4.78, 5) is 43.9. The van der Waals surface area contributed by atoms with E-state index in [4.69, 9.17) is 9.47 Å². The normalized spacial score (nSPS) is 17.1. The number of amides is 2. The van der Waals surface area contributed by atoms with E-state index in [1.54, 1.807) is 30.5 Å². The van der Waals surface area contributed by atoms with E-state index in [0.717, 1.165) is 11.4 Å². The number of hydrogen-bond donors (Lipinski definition) is 1. The average molecular weight is 492 g/mol. The van der Waals surface area contributed by atoms with Gasteiger partial charge in [-0.15, -0.1) is 0 Å². The average Bonchev–Trinajstić information content (AvgIpc) is 3.18. The van der Waals surface area contributed by atoms with Crippen molar-refractivity contribution < 1.29 is 23.9 Å². The van der Waals surface area contributed by atoms with Gasteiger partial charge in [0.1, 0.15) is 24.8 Å². The second-order valence-corrected chi connectivity index (χ2v) is 9.28. The number of nitrogens with one attached hydrogen (secondary N) is 1. The van der Waals surface area contributed by atoms with E-state index >= 15 is 0 Å². The second-order valence-electron chi connectivity index (χ2n) is 8.01. The SMILES string of the molecule is CN(CCOc1ccc(C[C@@]2(C(=O)OCc3ccccc3)SC(=O)NC2=O)cc1)c1ccccn1. The number of pyridine rings is 1. The summed E-state index contributed by atoms with van der Waals surface area (Å²) in [5, 5.41) is 1.65. The molecule has 0 radical (unpaired) electrons. The van der Waals surface area contributed by atoms with Gasteiger partial charge in [-0.25, -0.2) is 9.78 Å². The van der Waals surface area contributed by atoms with Gasteiger partial charge in [-0.3, -0.25) is 14.9 Å². The zero-order valence-electron chi connectivity index (χ0n) is 19.2. The van der Waals surface area contributed by atoms with E-state index in [0.29, 0.717) is 36.2 Å². The first-order chi connectivity index (χ1) is 17.0. The molecule has 9 heteroatoms. The molecule has 1 aliphatic heterocycles. The van der Waals surface area contributed by atoms with Gasteiger partial charge in [0.2, 0.25) is 4.75 Å². The summed E-state index contributed by atoms with van der Waals surface area (Å²) in [6.07, 6.45) is 1.76.